The highest BCUT2D eigenvalue weighted by Gasteiger charge is 2.20. The van der Waals surface area contributed by atoms with Crippen LogP contribution < -0.4 is 10.6 Å². The van der Waals surface area contributed by atoms with Crippen LogP contribution in [-0.4, -0.2) is 34.5 Å². The van der Waals surface area contributed by atoms with Crippen molar-refractivity contribution in [2.24, 2.45) is 10.9 Å². The zero-order valence-electron chi connectivity index (χ0n) is 10.2. The molecule has 0 aliphatic rings. The Morgan fingerprint density at radius 1 is 1.72 bits per heavy atom. The van der Waals surface area contributed by atoms with E-state index in [-0.39, 0.29) is 22.9 Å². The van der Waals surface area contributed by atoms with Crippen molar-refractivity contribution in [1.82, 2.24) is 4.98 Å². The molecule has 0 bridgehead atoms. The zero-order chi connectivity index (χ0) is 13.7. The zero-order valence-corrected chi connectivity index (χ0v) is 10.2. The summed E-state index contributed by atoms with van der Waals surface area (Å²) in [6, 6.07) is 1.24. The number of hydrogen-bond acceptors (Lipinski definition) is 6. The van der Waals surface area contributed by atoms with E-state index in [9.17, 15) is 10.1 Å². The van der Waals surface area contributed by atoms with Gasteiger partial charge in [0.2, 0.25) is 5.82 Å². The maximum absolute atomic E-state index is 11.0. The Bertz CT molecular complexity index is 475. The monoisotopic (exact) mass is 253 g/mol. The number of anilines is 1. The number of amidine groups is 1. The van der Waals surface area contributed by atoms with Crippen LogP contribution >= 0.6 is 0 Å². The summed E-state index contributed by atoms with van der Waals surface area (Å²) in [6.07, 6.45) is 2.18. The van der Waals surface area contributed by atoms with E-state index in [4.69, 9.17) is 10.9 Å². The van der Waals surface area contributed by atoms with Gasteiger partial charge in [-0.3, -0.25) is 10.1 Å². The van der Waals surface area contributed by atoms with Crippen molar-refractivity contribution < 1.29 is 10.1 Å². The molecule has 8 nitrogen and oxygen atoms in total. The Kier molecular flexibility index (Phi) is 4.41. The average Bonchev–Trinajstić information content (AvgIpc) is 2.37. The fraction of sp³-hybridized carbons (Fsp3) is 0.400. The van der Waals surface area contributed by atoms with E-state index in [0.717, 1.165) is 6.42 Å². The molecule has 0 aromatic carbocycles. The van der Waals surface area contributed by atoms with E-state index in [1.54, 1.807) is 11.9 Å². The SMILES string of the molecule is CCCN(C)c1ncc(C(N)=NO)cc1[N+](=O)[O-]. The summed E-state index contributed by atoms with van der Waals surface area (Å²) in [5, 5.41) is 22.3. The standard InChI is InChI=1S/C10H15N5O3/c1-3-4-14(2)10-8(15(17)18)5-7(6-12-10)9(11)13-16/h5-6,16H,3-4H2,1-2H3,(H2,11,13). The van der Waals surface area contributed by atoms with Crippen LogP contribution in [-0.2, 0) is 0 Å². The number of nitrogens with two attached hydrogens (primary N) is 1. The second kappa shape index (κ2) is 5.80. The van der Waals surface area contributed by atoms with Gasteiger partial charge in [0, 0.05) is 31.4 Å². The van der Waals surface area contributed by atoms with Crippen molar-refractivity contribution in [2.75, 3.05) is 18.5 Å². The van der Waals surface area contributed by atoms with E-state index >= 15 is 0 Å². The Morgan fingerprint density at radius 2 is 2.39 bits per heavy atom. The molecule has 0 atom stereocenters. The Hall–Kier alpha value is -2.38. The maximum Gasteiger partial charge on any atom is 0.312 e. The summed E-state index contributed by atoms with van der Waals surface area (Å²) >= 11 is 0. The maximum atomic E-state index is 11.0. The van der Waals surface area contributed by atoms with Gasteiger partial charge in [-0.2, -0.15) is 0 Å². The van der Waals surface area contributed by atoms with Crippen LogP contribution in [0.25, 0.3) is 0 Å². The molecule has 1 aromatic heterocycles. The molecular weight excluding hydrogens is 238 g/mol. The van der Waals surface area contributed by atoms with Crippen LogP contribution in [0.15, 0.2) is 17.4 Å². The third-order valence-corrected chi connectivity index (χ3v) is 2.37. The molecule has 0 unspecified atom stereocenters. The van der Waals surface area contributed by atoms with Crippen LogP contribution in [0.5, 0.6) is 0 Å². The topological polar surface area (TPSA) is 118 Å². The molecule has 8 heteroatoms. The van der Waals surface area contributed by atoms with Crippen molar-refractivity contribution in [3.8, 4) is 0 Å². The van der Waals surface area contributed by atoms with E-state index in [1.165, 1.54) is 12.3 Å². The van der Waals surface area contributed by atoms with Crippen molar-refractivity contribution in [3.63, 3.8) is 0 Å². The minimum atomic E-state index is -0.539. The van der Waals surface area contributed by atoms with Gasteiger partial charge in [-0.25, -0.2) is 4.98 Å². The van der Waals surface area contributed by atoms with Gasteiger partial charge in [0.15, 0.2) is 5.84 Å². The van der Waals surface area contributed by atoms with Gasteiger partial charge in [0.05, 0.1) is 4.92 Å². The van der Waals surface area contributed by atoms with Gasteiger partial charge in [-0.05, 0) is 6.42 Å². The molecule has 0 spiro atoms. The number of rotatable bonds is 5. The highest BCUT2D eigenvalue weighted by Crippen LogP contribution is 2.25. The highest BCUT2D eigenvalue weighted by molar-refractivity contribution is 5.97. The molecule has 1 heterocycles. The third-order valence-electron chi connectivity index (χ3n) is 2.37. The number of hydrogen-bond donors (Lipinski definition) is 2. The summed E-state index contributed by atoms with van der Waals surface area (Å²) in [5.41, 5.74) is 5.41. The lowest BCUT2D eigenvalue weighted by Gasteiger charge is -2.17. The lowest BCUT2D eigenvalue weighted by Crippen LogP contribution is -2.21. The molecule has 0 radical (unpaired) electrons. The summed E-state index contributed by atoms with van der Waals surface area (Å²) in [5.74, 6) is 0.0478. The van der Waals surface area contributed by atoms with Crippen LogP contribution in [0.2, 0.25) is 0 Å². The number of aromatic nitrogens is 1. The van der Waals surface area contributed by atoms with Crippen molar-refractivity contribution in [1.29, 1.82) is 0 Å². The van der Waals surface area contributed by atoms with Crippen molar-refractivity contribution in [2.45, 2.75) is 13.3 Å². The first-order valence-corrected chi connectivity index (χ1v) is 5.34. The molecule has 0 amide bonds. The minimum absolute atomic E-state index is 0.171. The fourth-order valence-corrected chi connectivity index (χ4v) is 1.51. The van der Waals surface area contributed by atoms with Crippen LogP contribution in [0, 0.1) is 10.1 Å². The highest BCUT2D eigenvalue weighted by atomic mass is 16.6. The summed E-state index contributed by atoms with van der Waals surface area (Å²) in [7, 11) is 1.72. The third kappa shape index (κ3) is 2.84. The predicted octanol–water partition coefficient (Wildman–Crippen LogP) is 0.931. The van der Waals surface area contributed by atoms with Crippen LogP contribution in [0.3, 0.4) is 0 Å². The quantitative estimate of drug-likeness (QED) is 0.265. The molecule has 0 saturated heterocycles. The Morgan fingerprint density at radius 3 is 2.89 bits per heavy atom. The summed E-state index contributed by atoms with van der Waals surface area (Å²) in [6.45, 7) is 2.61. The molecule has 18 heavy (non-hydrogen) atoms. The van der Waals surface area contributed by atoms with Gasteiger partial charge < -0.3 is 15.8 Å². The van der Waals surface area contributed by atoms with E-state index in [2.05, 4.69) is 10.1 Å². The number of pyridine rings is 1. The van der Waals surface area contributed by atoms with Crippen LogP contribution in [0.4, 0.5) is 11.5 Å². The van der Waals surface area contributed by atoms with Crippen molar-refractivity contribution >= 4 is 17.3 Å². The first kappa shape index (κ1) is 13.7. The van der Waals surface area contributed by atoms with Crippen LogP contribution in [0.1, 0.15) is 18.9 Å². The average molecular weight is 253 g/mol. The molecule has 0 saturated carbocycles. The van der Waals surface area contributed by atoms with E-state index < -0.39 is 4.92 Å². The normalized spacial score (nSPS) is 11.3. The van der Waals surface area contributed by atoms with Crippen molar-refractivity contribution in [3.05, 3.63) is 27.9 Å². The molecule has 98 valence electrons. The summed E-state index contributed by atoms with van der Waals surface area (Å²) < 4.78 is 0. The van der Waals surface area contributed by atoms with E-state index in [0.29, 0.717) is 6.54 Å². The second-order valence-electron chi connectivity index (χ2n) is 3.73. The Balaban J connectivity index is 3.25. The molecule has 1 rings (SSSR count). The molecule has 1 aromatic rings. The van der Waals surface area contributed by atoms with Gasteiger partial charge in [0.1, 0.15) is 0 Å². The first-order valence-electron chi connectivity index (χ1n) is 5.34. The molecule has 0 fully saturated rings. The first-order chi connectivity index (χ1) is 8.51. The van der Waals surface area contributed by atoms with Gasteiger partial charge in [-0.15, -0.1) is 0 Å². The Labute approximate surface area is 104 Å². The predicted molar refractivity (Wildman–Crippen MR) is 67.0 cm³/mol. The lowest BCUT2D eigenvalue weighted by molar-refractivity contribution is -0.384. The number of oxime groups is 1. The number of nitro groups is 1. The smallest absolute Gasteiger partial charge is 0.312 e. The second-order valence-corrected chi connectivity index (χ2v) is 3.73. The molecule has 3 N–H and O–H groups in total. The number of nitrogens with zero attached hydrogens (tertiary/aromatic N) is 4. The minimum Gasteiger partial charge on any atom is -0.409 e. The van der Waals surface area contributed by atoms with Gasteiger partial charge in [-0.1, -0.05) is 12.1 Å². The lowest BCUT2D eigenvalue weighted by atomic mass is 10.2. The van der Waals surface area contributed by atoms with Gasteiger partial charge >= 0.3 is 5.69 Å². The molecule has 0 aliphatic heterocycles. The molecule has 0 aliphatic carbocycles. The largest absolute Gasteiger partial charge is 0.409 e. The van der Waals surface area contributed by atoms with Gasteiger partial charge in [0.25, 0.3) is 0 Å². The molecular formula is C10H15N5O3. The summed E-state index contributed by atoms with van der Waals surface area (Å²) in [4.78, 5) is 16.1. The fourth-order valence-electron chi connectivity index (χ4n) is 1.51. The van der Waals surface area contributed by atoms with E-state index in [1.807, 2.05) is 6.92 Å².